The maximum Gasteiger partial charge on any atom is 0.134 e. The molecule has 1 atom stereocenters. The van der Waals surface area contributed by atoms with E-state index in [1.54, 1.807) is 6.92 Å². The number of nitrogens with zero attached hydrogens (tertiary/aromatic N) is 1. The van der Waals surface area contributed by atoms with Crippen molar-refractivity contribution in [3.8, 4) is 0 Å². The van der Waals surface area contributed by atoms with Gasteiger partial charge in [-0.05, 0) is 26.3 Å². The first kappa shape index (κ1) is 10.7. The topological polar surface area (TPSA) is 20.3 Å². The van der Waals surface area contributed by atoms with Crippen molar-refractivity contribution in [1.29, 1.82) is 0 Å². The number of carbonyl (C=O) groups excluding carboxylic acids is 1. The molecule has 0 aromatic rings. The van der Waals surface area contributed by atoms with Crippen LogP contribution in [0.5, 0.6) is 0 Å². The van der Waals surface area contributed by atoms with Crippen molar-refractivity contribution < 1.29 is 4.79 Å². The van der Waals surface area contributed by atoms with Gasteiger partial charge in [-0.2, -0.15) is 0 Å². The highest BCUT2D eigenvalue weighted by Gasteiger charge is 2.22. The molecular formula is C10H16ClNO. The Kier molecular flexibility index (Phi) is 3.94. The summed E-state index contributed by atoms with van der Waals surface area (Å²) >= 11 is 5.72. The first-order chi connectivity index (χ1) is 6.09. The molecule has 74 valence electrons. The van der Waals surface area contributed by atoms with Crippen molar-refractivity contribution in [1.82, 2.24) is 4.90 Å². The molecule has 1 saturated heterocycles. The fourth-order valence-electron chi connectivity index (χ4n) is 1.77. The van der Waals surface area contributed by atoms with Crippen molar-refractivity contribution in [2.45, 2.75) is 19.8 Å². The summed E-state index contributed by atoms with van der Waals surface area (Å²) < 4.78 is 0. The lowest BCUT2D eigenvalue weighted by Crippen LogP contribution is -2.38. The Hall–Kier alpha value is -0.340. The molecule has 0 aromatic carbocycles. The molecule has 0 amide bonds. The first-order valence-corrected chi connectivity index (χ1v) is 5.03. The van der Waals surface area contributed by atoms with Gasteiger partial charge in [0.25, 0.3) is 0 Å². The minimum absolute atomic E-state index is 0.213. The zero-order chi connectivity index (χ0) is 9.84. The Morgan fingerprint density at radius 3 is 2.92 bits per heavy atom. The van der Waals surface area contributed by atoms with Gasteiger partial charge in [-0.3, -0.25) is 9.69 Å². The highest BCUT2D eigenvalue weighted by atomic mass is 35.5. The van der Waals surface area contributed by atoms with Gasteiger partial charge in [0.15, 0.2) is 0 Å². The Labute approximate surface area is 84.6 Å². The molecule has 0 aliphatic carbocycles. The van der Waals surface area contributed by atoms with E-state index in [0.29, 0.717) is 17.4 Å². The zero-order valence-corrected chi connectivity index (χ0v) is 8.81. The van der Waals surface area contributed by atoms with Gasteiger partial charge in [0.1, 0.15) is 5.78 Å². The van der Waals surface area contributed by atoms with Gasteiger partial charge in [0.05, 0.1) is 0 Å². The lowest BCUT2D eigenvalue weighted by Gasteiger charge is -2.30. The number of piperidine rings is 1. The maximum absolute atomic E-state index is 11.1. The number of rotatable bonds is 3. The average Bonchev–Trinajstić information content (AvgIpc) is 2.03. The second-order valence-electron chi connectivity index (χ2n) is 3.70. The number of hydrogen-bond acceptors (Lipinski definition) is 2. The summed E-state index contributed by atoms with van der Waals surface area (Å²) in [7, 11) is 0. The van der Waals surface area contributed by atoms with Crippen molar-refractivity contribution in [2.24, 2.45) is 5.92 Å². The van der Waals surface area contributed by atoms with E-state index in [1.807, 2.05) is 0 Å². The van der Waals surface area contributed by atoms with E-state index < -0.39 is 0 Å². The van der Waals surface area contributed by atoms with Crippen molar-refractivity contribution >= 4 is 17.4 Å². The average molecular weight is 202 g/mol. The van der Waals surface area contributed by atoms with Crippen LogP contribution in [0.3, 0.4) is 0 Å². The van der Waals surface area contributed by atoms with Gasteiger partial charge in [-0.15, -0.1) is 0 Å². The van der Waals surface area contributed by atoms with Crippen molar-refractivity contribution in [2.75, 3.05) is 19.6 Å². The third kappa shape index (κ3) is 3.49. The van der Waals surface area contributed by atoms with Gasteiger partial charge in [-0.25, -0.2) is 0 Å². The third-order valence-electron chi connectivity index (χ3n) is 2.48. The van der Waals surface area contributed by atoms with Crippen LogP contribution >= 0.6 is 11.6 Å². The predicted octanol–water partition coefficient (Wildman–Crippen LogP) is 2.04. The maximum atomic E-state index is 11.1. The van der Waals surface area contributed by atoms with E-state index >= 15 is 0 Å². The highest BCUT2D eigenvalue weighted by Crippen LogP contribution is 2.18. The van der Waals surface area contributed by atoms with Crippen LogP contribution in [-0.4, -0.2) is 30.3 Å². The molecule has 1 rings (SSSR count). The fourth-order valence-corrected chi connectivity index (χ4v) is 1.94. The van der Waals surface area contributed by atoms with E-state index in [0.717, 1.165) is 25.9 Å². The monoisotopic (exact) mass is 201 g/mol. The van der Waals surface area contributed by atoms with E-state index in [-0.39, 0.29) is 5.92 Å². The summed E-state index contributed by atoms with van der Waals surface area (Å²) in [6.07, 6.45) is 2.12. The summed E-state index contributed by atoms with van der Waals surface area (Å²) in [5.41, 5.74) is 0. The lowest BCUT2D eigenvalue weighted by molar-refractivity contribution is -0.122. The number of halogens is 1. The van der Waals surface area contributed by atoms with Crippen LogP contribution in [0.4, 0.5) is 0 Å². The van der Waals surface area contributed by atoms with Gasteiger partial charge < -0.3 is 0 Å². The zero-order valence-electron chi connectivity index (χ0n) is 8.05. The molecule has 1 heterocycles. The quantitative estimate of drug-likeness (QED) is 0.697. The van der Waals surface area contributed by atoms with E-state index in [2.05, 4.69) is 11.5 Å². The summed E-state index contributed by atoms with van der Waals surface area (Å²) in [4.78, 5) is 13.3. The van der Waals surface area contributed by atoms with E-state index in [4.69, 9.17) is 11.6 Å². The van der Waals surface area contributed by atoms with Crippen LogP contribution in [-0.2, 0) is 4.79 Å². The van der Waals surface area contributed by atoms with Crippen molar-refractivity contribution in [3.05, 3.63) is 11.6 Å². The Morgan fingerprint density at radius 2 is 2.38 bits per heavy atom. The molecule has 0 aromatic heterocycles. The molecule has 1 fully saturated rings. The smallest absolute Gasteiger partial charge is 0.134 e. The second kappa shape index (κ2) is 4.77. The summed E-state index contributed by atoms with van der Waals surface area (Å²) in [6, 6.07) is 0. The van der Waals surface area contributed by atoms with Crippen LogP contribution in [0.15, 0.2) is 11.6 Å². The fraction of sp³-hybridized carbons (Fsp3) is 0.700. The molecule has 0 radical (unpaired) electrons. The first-order valence-electron chi connectivity index (χ1n) is 4.65. The molecular weight excluding hydrogens is 186 g/mol. The third-order valence-corrected chi connectivity index (χ3v) is 2.60. The number of Topliss-reactive ketones (excluding diaryl/α,β-unsaturated/α-hetero) is 1. The number of carbonyl (C=O) groups is 1. The van der Waals surface area contributed by atoms with E-state index in [1.165, 1.54) is 0 Å². The molecule has 0 saturated carbocycles. The molecule has 13 heavy (non-hydrogen) atoms. The van der Waals surface area contributed by atoms with Gasteiger partial charge >= 0.3 is 0 Å². The summed E-state index contributed by atoms with van der Waals surface area (Å²) in [5.74, 6) is 0.509. The molecule has 1 aliphatic heterocycles. The SMILES string of the molecule is C=C(Cl)CN1CCCC(C(C)=O)C1. The molecule has 0 spiro atoms. The minimum atomic E-state index is 0.213. The second-order valence-corrected chi connectivity index (χ2v) is 4.24. The molecule has 1 aliphatic rings. The van der Waals surface area contributed by atoms with Gasteiger partial charge in [0.2, 0.25) is 0 Å². The largest absolute Gasteiger partial charge is 0.300 e. The number of likely N-dealkylation sites (tertiary alicyclic amines) is 1. The van der Waals surface area contributed by atoms with Crippen LogP contribution in [0.1, 0.15) is 19.8 Å². The molecule has 0 bridgehead atoms. The molecule has 1 unspecified atom stereocenters. The standard InChI is InChI=1S/C10H16ClNO/c1-8(11)6-12-5-3-4-10(7-12)9(2)13/h10H,1,3-7H2,2H3. The number of hydrogen-bond donors (Lipinski definition) is 0. The van der Waals surface area contributed by atoms with Crippen LogP contribution in [0.2, 0.25) is 0 Å². The van der Waals surface area contributed by atoms with Gasteiger partial charge in [-0.1, -0.05) is 18.2 Å². The molecule has 2 nitrogen and oxygen atoms in total. The lowest BCUT2D eigenvalue weighted by atomic mass is 9.95. The molecule has 3 heteroatoms. The molecule has 0 N–H and O–H groups in total. The Morgan fingerprint density at radius 1 is 1.69 bits per heavy atom. The van der Waals surface area contributed by atoms with Crippen LogP contribution in [0.25, 0.3) is 0 Å². The van der Waals surface area contributed by atoms with E-state index in [9.17, 15) is 4.79 Å². The predicted molar refractivity (Wildman–Crippen MR) is 54.8 cm³/mol. The Balaban J connectivity index is 2.41. The normalized spacial score (nSPS) is 24.3. The number of ketones is 1. The summed E-state index contributed by atoms with van der Waals surface area (Å²) in [5, 5.41) is 0.657. The van der Waals surface area contributed by atoms with Gasteiger partial charge in [0, 0.05) is 24.0 Å². The highest BCUT2D eigenvalue weighted by molar-refractivity contribution is 6.29. The van der Waals surface area contributed by atoms with Crippen LogP contribution < -0.4 is 0 Å². The van der Waals surface area contributed by atoms with Crippen LogP contribution in [0, 0.1) is 5.92 Å². The summed E-state index contributed by atoms with van der Waals surface area (Å²) in [6.45, 7) is 7.93. The Bertz CT molecular complexity index is 215. The minimum Gasteiger partial charge on any atom is -0.300 e. The van der Waals surface area contributed by atoms with Crippen molar-refractivity contribution in [3.63, 3.8) is 0 Å².